The molecule has 0 bridgehead atoms. The van der Waals surface area contributed by atoms with Crippen molar-refractivity contribution in [1.82, 2.24) is 0 Å². The predicted molar refractivity (Wildman–Crippen MR) is 84.1 cm³/mol. The average molecular weight is 304 g/mol. The molecule has 0 saturated heterocycles. The maximum Gasteiger partial charge on any atom is 0.139 e. The second-order valence-corrected chi connectivity index (χ2v) is 8.70. The third-order valence-corrected chi connectivity index (χ3v) is 7.81. The minimum atomic E-state index is -0.436. The van der Waals surface area contributed by atoms with Crippen LogP contribution in [0.2, 0.25) is 0 Å². The van der Waals surface area contributed by atoms with Crippen LogP contribution in [0.25, 0.3) is 0 Å². The molecule has 3 saturated carbocycles. The van der Waals surface area contributed by atoms with Gasteiger partial charge in [-0.3, -0.25) is 4.79 Å². The Morgan fingerprint density at radius 2 is 1.73 bits per heavy atom. The van der Waals surface area contributed by atoms with E-state index in [1.165, 1.54) is 5.57 Å². The standard InChI is InChI=1S/C19H28O3/c1-18-7-5-12(20)9-11(18)10-15(21)17-13-3-4-16(22)19(13,2)8-6-14(17)18/h10,12-15,17,20-21H,3-9H2,1-2H3/t12-,13?,14?,15+,17-,18-,19-/m0/s1. The van der Waals surface area contributed by atoms with Gasteiger partial charge in [0.25, 0.3) is 0 Å². The summed E-state index contributed by atoms with van der Waals surface area (Å²) in [6, 6.07) is 0. The molecule has 122 valence electrons. The van der Waals surface area contributed by atoms with Gasteiger partial charge in [0.1, 0.15) is 5.78 Å². The summed E-state index contributed by atoms with van der Waals surface area (Å²) < 4.78 is 0. The number of aliphatic hydroxyl groups excluding tert-OH is 2. The van der Waals surface area contributed by atoms with E-state index in [1.54, 1.807) is 0 Å². The van der Waals surface area contributed by atoms with E-state index in [9.17, 15) is 15.0 Å². The van der Waals surface area contributed by atoms with Crippen LogP contribution in [0.3, 0.4) is 0 Å². The van der Waals surface area contributed by atoms with Crippen LogP contribution in [0, 0.1) is 28.6 Å². The van der Waals surface area contributed by atoms with Crippen LogP contribution >= 0.6 is 0 Å². The number of aliphatic hydroxyl groups is 2. The van der Waals surface area contributed by atoms with E-state index in [1.807, 2.05) is 6.08 Å². The van der Waals surface area contributed by atoms with Crippen LogP contribution in [-0.2, 0) is 4.79 Å². The summed E-state index contributed by atoms with van der Waals surface area (Å²) in [7, 11) is 0. The topological polar surface area (TPSA) is 57.5 Å². The van der Waals surface area contributed by atoms with E-state index in [0.717, 1.165) is 38.5 Å². The van der Waals surface area contributed by atoms with Crippen molar-refractivity contribution in [2.75, 3.05) is 0 Å². The number of fused-ring (bicyclic) bond motifs is 5. The van der Waals surface area contributed by atoms with Crippen molar-refractivity contribution in [1.29, 1.82) is 0 Å². The second kappa shape index (κ2) is 4.67. The molecule has 7 atom stereocenters. The van der Waals surface area contributed by atoms with E-state index < -0.39 is 6.10 Å². The first-order chi connectivity index (χ1) is 10.4. The molecule has 0 aliphatic heterocycles. The molecule has 22 heavy (non-hydrogen) atoms. The van der Waals surface area contributed by atoms with E-state index in [2.05, 4.69) is 13.8 Å². The maximum absolute atomic E-state index is 12.4. The molecule has 2 N–H and O–H groups in total. The van der Waals surface area contributed by atoms with Gasteiger partial charge in [-0.1, -0.05) is 25.5 Å². The highest BCUT2D eigenvalue weighted by atomic mass is 16.3. The molecule has 0 heterocycles. The Bertz CT molecular complexity index is 539. The fraction of sp³-hybridized carbons (Fsp3) is 0.842. The smallest absolute Gasteiger partial charge is 0.139 e. The van der Waals surface area contributed by atoms with Gasteiger partial charge in [-0.2, -0.15) is 0 Å². The molecule has 0 aromatic carbocycles. The first-order valence-corrected chi connectivity index (χ1v) is 8.97. The van der Waals surface area contributed by atoms with Crippen LogP contribution in [0.1, 0.15) is 58.8 Å². The molecule has 2 unspecified atom stereocenters. The van der Waals surface area contributed by atoms with Crippen molar-refractivity contribution < 1.29 is 15.0 Å². The number of carbonyl (C=O) groups is 1. The van der Waals surface area contributed by atoms with Crippen molar-refractivity contribution >= 4 is 5.78 Å². The summed E-state index contributed by atoms with van der Waals surface area (Å²) in [6.07, 6.45) is 7.65. The molecule has 0 radical (unpaired) electrons. The Morgan fingerprint density at radius 3 is 2.50 bits per heavy atom. The Kier molecular flexibility index (Phi) is 3.16. The summed E-state index contributed by atoms with van der Waals surface area (Å²) in [6.45, 7) is 4.48. The van der Waals surface area contributed by atoms with Crippen LogP contribution in [0.15, 0.2) is 11.6 Å². The van der Waals surface area contributed by atoms with Crippen molar-refractivity contribution in [3.05, 3.63) is 11.6 Å². The Labute approximate surface area is 132 Å². The second-order valence-electron chi connectivity index (χ2n) is 8.70. The highest BCUT2D eigenvalue weighted by Crippen LogP contribution is 2.63. The lowest BCUT2D eigenvalue weighted by Crippen LogP contribution is -2.54. The quantitative estimate of drug-likeness (QED) is 0.677. The van der Waals surface area contributed by atoms with Gasteiger partial charge in [-0.25, -0.2) is 0 Å². The molecular weight excluding hydrogens is 276 g/mol. The van der Waals surface area contributed by atoms with Crippen molar-refractivity contribution in [2.45, 2.75) is 71.0 Å². The zero-order valence-electron chi connectivity index (χ0n) is 13.7. The predicted octanol–water partition coefficient (Wildman–Crippen LogP) is 2.85. The van der Waals surface area contributed by atoms with Crippen molar-refractivity contribution in [3.63, 3.8) is 0 Å². The first kappa shape index (κ1) is 14.9. The monoisotopic (exact) mass is 304 g/mol. The number of rotatable bonds is 0. The summed E-state index contributed by atoms with van der Waals surface area (Å²) in [5.74, 6) is 1.46. The third-order valence-electron chi connectivity index (χ3n) is 7.81. The molecule has 4 aliphatic rings. The molecule has 0 amide bonds. The fourth-order valence-electron chi connectivity index (χ4n) is 6.40. The summed E-state index contributed by atoms with van der Waals surface area (Å²) in [5, 5.41) is 20.8. The largest absolute Gasteiger partial charge is 0.393 e. The average Bonchev–Trinajstić information content (AvgIpc) is 2.77. The molecule has 3 heteroatoms. The van der Waals surface area contributed by atoms with Gasteiger partial charge in [-0.05, 0) is 61.7 Å². The first-order valence-electron chi connectivity index (χ1n) is 8.97. The summed E-state index contributed by atoms with van der Waals surface area (Å²) in [5.41, 5.74) is 1.20. The lowest BCUT2D eigenvalue weighted by molar-refractivity contribution is -0.135. The van der Waals surface area contributed by atoms with E-state index in [-0.39, 0.29) is 22.9 Å². The Balaban J connectivity index is 1.75. The normalized spacial score (nSPS) is 54.3. The Hall–Kier alpha value is -0.670. The van der Waals surface area contributed by atoms with E-state index >= 15 is 0 Å². The summed E-state index contributed by atoms with van der Waals surface area (Å²) >= 11 is 0. The molecule has 3 nitrogen and oxygen atoms in total. The molecule has 0 aromatic heterocycles. The number of hydrogen-bond donors (Lipinski definition) is 2. The van der Waals surface area contributed by atoms with E-state index in [0.29, 0.717) is 24.0 Å². The fourth-order valence-corrected chi connectivity index (χ4v) is 6.40. The van der Waals surface area contributed by atoms with Gasteiger partial charge in [0, 0.05) is 11.8 Å². The lowest BCUT2D eigenvalue weighted by Gasteiger charge is -2.58. The van der Waals surface area contributed by atoms with Gasteiger partial charge >= 0.3 is 0 Å². The van der Waals surface area contributed by atoms with Crippen molar-refractivity contribution in [3.8, 4) is 0 Å². The SMILES string of the molecule is C[C@]12CC[C@H](O)CC1=C[C@@H](O)[C@@H]1C2CC[C@]2(C)C(=O)CCC12. The maximum atomic E-state index is 12.4. The van der Waals surface area contributed by atoms with E-state index in [4.69, 9.17) is 0 Å². The van der Waals surface area contributed by atoms with Crippen LogP contribution in [0.5, 0.6) is 0 Å². The molecule has 4 aliphatic carbocycles. The molecule has 0 spiro atoms. The van der Waals surface area contributed by atoms with Gasteiger partial charge < -0.3 is 10.2 Å². The van der Waals surface area contributed by atoms with Crippen LogP contribution < -0.4 is 0 Å². The molecular formula is C19H28O3. The minimum absolute atomic E-state index is 0.121. The zero-order valence-corrected chi connectivity index (χ0v) is 13.7. The van der Waals surface area contributed by atoms with Gasteiger partial charge in [0.05, 0.1) is 12.2 Å². The number of hydrogen-bond acceptors (Lipinski definition) is 3. The third kappa shape index (κ3) is 1.78. The highest BCUT2D eigenvalue weighted by Gasteiger charge is 2.60. The van der Waals surface area contributed by atoms with Gasteiger partial charge in [0.2, 0.25) is 0 Å². The molecule has 0 aromatic rings. The van der Waals surface area contributed by atoms with Gasteiger partial charge in [0.15, 0.2) is 0 Å². The van der Waals surface area contributed by atoms with Crippen LogP contribution in [0.4, 0.5) is 0 Å². The number of Topliss-reactive ketones (excluding diaryl/α,β-unsaturated/α-hetero) is 1. The highest BCUT2D eigenvalue weighted by molar-refractivity contribution is 5.87. The lowest BCUT2D eigenvalue weighted by atomic mass is 9.47. The number of ketones is 1. The van der Waals surface area contributed by atoms with Crippen LogP contribution in [-0.4, -0.2) is 28.2 Å². The molecule has 3 fully saturated rings. The minimum Gasteiger partial charge on any atom is -0.393 e. The zero-order chi connectivity index (χ0) is 15.7. The summed E-state index contributed by atoms with van der Waals surface area (Å²) in [4.78, 5) is 12.4. The molecule has 4 rings (SSSR count). The van der Waals surface area contributed by atoms with Gasteiger partial charge in [-0.15, -0.1) is 0 Å². The van der Waals surface area contributed by atoms with Crippen molar-refractivity contribution in [2.24, 2.45) is 28.6 Å². The Morgan fingerprint density at radius 1 is 1.05 bits per heavy atom. The number of carbonyl (C=O) groups excluding carboxylic acids is 1.